The Bertz CT molecular complexity index is 2340. The molecule has 0 saturated heterocycles. The van der Waals surface area contributed by atoms with Crippen LogP contribution in [-0.2, 0) is 38.4 Å². The minimum atomic E-state index is -4.91. The van der Waals surface area contributed by atoms with Crippen LogP contribution in [0.4, 0.5) is 32.0 Å². The number of methoxy groups -OCH3 is 1. The monoisotopic (exact) mass is 936 g/mol. The maximum Gasteiger partial charge on any atom is 0.418 e. The molecule has 0 bridgehead atoms. The standard InChI is InChI=1S/C27H30F6N2O2.C20H28N2O5S/c1-24-11-9-17-15(4-8-21-25(17,2)12-10-22(36)35-21)16(24)6-7-19(24)23(37)34-20-13-14(26(28,29)30)3-5-18(20)27(31,32)33;1-4-26-17-7-5-6-8-18(17)27-12-11-22-15(2)13-16-9-10-19(25-3)20(14-16)28(21,23)24/h3,5,10,12-13,15-17,19,21H,4,6-9,11H2,1-2H3,(H,34,37)(H,35,36);5-10,14-15,22H,4,11-13H2,1-3H3,(H2,21,23,24). The first-order valence-corrected chi connectivity index (χ1v) is 23.4. The molecule has 11 nitrogen and oxygen atoms in total. The molecule has 3 fully saturated rings. The van der Waals surface area contributed by atoms with E-state index in [1.807, 2.05) is 57.2 Å². The van der Waals surface area contributed by atoms with Crippen molar-refractivity contribution in [2.45, 2.75) is 102 Å². The first-order valence-electron chi connectivity index (χ1n) is 21.9. The van der Waals surface area contributed by atoms with Gasteiger partial charge in [-0.05, 0) is 136 Å². The number of alkyl halides is 6. The van der Waals surface area contributed by atoms with Crippen LogP contribution in [0.1, 0.15) is 82.9 Å². The molecule has 8 atom stereocenters. The van der Waals surface area contributed by atoms with Gasteiger partial charge in [0, 0.05) is 30.0 Å². The second-order valence-electron chi connectivity index (χ2n) is 18.0. The Labute approximate surface area is 376 Å². The van der Waals surface area contributed by atoms with E-state index in [9.17, 15) is 44.3 Å². The van der Waals surface area contributed by atoms with Crippen molar-refractivity contribution in [3.8, 4) is 17.2 Å². The number of nitrogens with two attached hydrogens (primary N) is 1. The number of amides is 2. The fourth-order valence-electron chi connectivity index (χ4n) is 10.9. The summed E-state index contributed by atoms with van der Waals surface area (Å²) in [5.74, 6) is 1.13. The Morgan fingerprint density at radius 2 is 1.62 bits per heavy atom. The molecule has 7 rings (SSSR count). The summed E-state index contributed by atoms with van der Waals surface area (Å²) in [4.78, 5) is 25.3. The topological polar surface area (TPSA) is 158 Å². The van der Waals surface area contributed by atoms with Gasteiger partial charge in [-0.1, -0.05) is 38.1 Å². The van der Waals surface area contributed by atoms with Crippen molar-refractivity contribution < 1.29 is 58.6 Å². The van der Waals surface area contributed by atoms with E-state index in [-0.39, 0.29) is 40.0 Å². The molecule has 0 radical (unpaired) electrons. The first-order chi connectivity index (χ1) is 30.5. The lowest BCUT2D eigenvalue weighted by atomic mass is 9.48. The van der Waals surface area contributed by atoms with Crippen LogP contribution >= 0.6 is 0 Å². The minimum absolute atomic E-state index is 0.00411. The lowest BCUT2D eigenvalue weighted by Crippen LogP contribution is -2.59. The number of nitrogens with one attached hydrogen (secondary N) is 3. The van der Waals surface area contributed by atoms with Crippen molar-refractivity contribution in [1.29, 1.82) is 0 Å². The quantitative estimate of drug-likeness (QED) is 0.0978. The smallest absolute Gasteiger partial charge is 0.418 e. The average molecular weight is 937 g/mol. The first kappa shape index (κ1) is 49.6. The zero-order valence-corrected chi connectivity index (χ0v) is 37.9. The summed E-state index contributed by atoms with van der Waals surface area (Å²) >= 11 is 0. The zero-order chi connectivity index (χ0) is 47.5. The number of para-hydroxylation sites is 2. The number of sulfonamides is 1. The van der Waals surface area contributed by atoms with Gasteiger partial charge < -0.3 is 30.2 Å². The molecule has 0 aromatic heterocycles. The van der Waals surface area contributed by atoms with Crippen molar-refractivity contribution in [2.24, 2.45) is 39.6 Å². The van der Waals surface area contributed by atoms with E-state index in [1.54, 1.807) is 18.2 Å². The number of carbonyl (C=O) groups is 2. The zero-order valence-electron chi connectivity index (χ0n) is 37.1. The van der Waals surface area contributed by atoms with E-state index in [0.717, 1.165) is 37.0 Å². The van der Waals surface area contributed by atoms with Crippen LogP contribution in [-0.4, -0.2) is 59.2 Å². The number of halogens is 6. The van der Waals surface area contributed by atoms with Gasteiger partial charge in [-0.15, -0.1) is 0 Å². The third kappa shape index (κ3) is 11.1. The predicted molar refractivity (Wildman–Crippen MR) is 233 cm³/mol. The van der Waals surface area contributed by atoms with Gasteiger partial charge in [0.05, 0.1) is 30.5 Å². The molecule has 2 amide bonds. The molecule has 18 heteroatoms. The molecule has 4 aliphatic rings. The summed E-state index contributed by atoms with van der Waals surface area (Å²) in [6, 6.07) is 13.9. The van der Waals surface area contributed by atoms with Gasteiger partial charge in [-0.3, -0.25) is 9.59 Å². The summed E-state index contributed by atoms with van der Waals surface area (Å²) < 4.78 is 120. The Kier molecular flexibility index (Phi) is 14.9. The number of primary sulfonamides is 1. The summed E-state index contributed by atoms with van der Waals surface area (Å²) in [7, 11) is -2.43. The van der Waals surface area contributed by atoms with Crippen LogP contribution in [0.25, 0.3) is 0 Å². The molecule has 1 heterocycles. The molecule has 3 aromatic rings. The van der Waals surface area contributed by atoms with Gasteiger partial charge in [0.15, 0.2) is 11.5 Å². The molecule has 3 saturated carbocycles. The number of fused-ring (bicyclic) bond motifs is 5. The highest BCUT2D eigenvalue weighted by molar-refractivity contribution is 7.89. The fraction of sp³-hybridized carbons (Fsp3) is 0.532. The minimum Gasteiger partial charge on any atom is -0.495 e. The summed E-state index contributed by atoms with van der Waals surface area (Å²) in [5.41, 5.74) is -3.20. The van der Waals surface area contributed by atoms with Crippen molar-refractivity contribution >= 4 is 27.5 Å². The van der Waals surface area contributed by atoms with E-state index in [1.165, 1.54) is 7.11 Å². The Hall–Kier alpha value is -4.81. The maximum atomic E-state index is 13.6. The largest absolute Gasteiger partial charge is 0.495 e. The molecule has 5 N–H and O–H groups in total. The molecule has 8 unspecified atom stereocenters. The van der Waals surface area contributed by atoms with Gasteiger partial charge in [0.25, 0.3) is 0 Å². The molecule has 0 spiro atoms. The summed E-state index contributed by atoms with van der Waals surface area (Å²) in [6.07, 6.45) is -1.09. The summed E-state index contributed by atoms with van der Waals surface area (Å²) in [5, 5.41) is 14.0. The SMILES string of the molecule is CC12C=CC(=O)NC1CCC1C2CCC2(C)C(C(=O)Nc3cc(C(F)(F)F)ccc3C(F)(F)F)CCC12.CCOc1ccccc1OCCNC(C)Cc1ccc(OC)c(S(N)(=O)=O)c1. The Balaban J connectivity index is 0.000000225. The van der Waals surface area contributed by atoms with Gasteiger partial charge in [-0.25, -0.2) is 13.6 Å². The van der Waals surface area contributed by atoms with E-state index in [4.69, 9.17) is 19.3 Å². The van der Waals surface area contributed by atoms with Crippen LogP contribution in [0.2, 0.25) is 0 Å². The van der Waals surface area contributed by atoms with Crippen LogP contribution in [0.15, 0.2) is 77.7 Å². The molecule has 1 aliphatic heterocycles. The molecule has 3 aliphatic carbocycles. The number of anilines is 1. The Morgan fingerprint density at radius 3 is 2.26 bits per heavy atom. The fourth-order valence-corrected chi connectivity index (χ4v) is 11.6. The van der Waals surface area contributed by atoms with Crippen LogP contribution in [0.3, 0.4) is 0 Å². The normalized spacial score (nSPS) is 26.6. The number of hydrogen-bond donors (Lipinski definition) is 4. The molecule has 65 heavy (non-hydrogen) atoms. The Morgan fingerprint density at radius 1 is 0.908 bits per heavy atom. The highest BCUT2D eigenvalue weighted by Crippen LogP contribution is 2.65. The van der Waals surface area contributed by atoms with Crippen molar-refractivity contribution in [3.05, 3.63) is 89.5 Å². The van der Waals surface area contributed by atoms with Gasteiger partial charge >= 0.3 is 12.4 Å². The second-order valence-corrected chi connectivity index (χ2v) is 19.5. The van der Waals surface area contributed by atoms with Crippen LogP contribution < -0.4 is 35.3 Å². The average Bonchev–Trinajstić information content (AvgIpc) is 3.60. The maximum absolute atomic E-state index is 13.6. The highest BCUT2D eigenvalue weighted by atomic mass is 32.2. The van der Waals surface area contributed by atoms with E-state index in [2.05, 4.69) is 22.9 Å². The lowest BCUT2D eigenvalue weighted by molar-refractivity contribution is -0.141. The van der Waals surface area contributed by atoms with Gasteiger partial charge in [0.2, 0.25) is 21.8 Å². The van der Waals surface area contributed by atoms with E-state index in [0.29, 0.717) is 74.8 Å². The third-order valence-corrected chi connectivity index (χ3v) is 14.9. The highest BCUT2D eigenvalue weighted by Gasteiger charge is 2.61. The number of ether oxygens (including phenoxy) is 3. The molecule has 356 valence electrons. The predicted octanol–water partition coefficient (Wildman–Crippen LogP) is 8.92. The van der Waals surface area contributed by atoms with Gasteiger partial charge in [-0.2, -0.15) is 26.3 Å². The lowest BCUT2D eigenvalue weighted by Gasteiger charge is -2.58. The van der Waals surface area contributed by atoms with Crippen LogP contribution in [0, 0.1) is 34.5 Å². The van der Waals surface area contributed by atoms with E-state index >= 15 is 0 Å². The number of hydrogen-bond acceptors (Lipinski definition) is 8. The van der Waals surface area contributed by atoms with Crippen molar-refractivity contribution in [1.82, 2.24) is 10.6 Å². The summed E-state index contributed by atoms with van der Waals surface area (Å²) in [6.45, 7) is 9.83. The number of benzene rings is 3. The number of carbonyl (C=O) groups excluding carboxylic acids is 2. The molecule has 3 aromatic carbocycles. The number of rotatable bonds is 13. The van der Waals surface area contributed by atoms with Crippen LogP contribution in [0.5, 0.6) is 17.2 Å². The second kappa shape index (κ2) is 19.6. The van der Waals surface area contributed by atoms with Crippen molar-refractivity contribution in [2.75, 3.05) is 32.2 Å². The molecular weight excluding hydrogens is 879 g/mol. The van der Waals surface area contributed by atoms with E-state index < -0.39 is 56.4 Å². The van der Waals surface area contributed by atoms with Crippen molar-refractivity contribution in [3.63, 3.8) is 0 Å². The third-order valence-electron chi connectivity index (χ3n) is 14.0. The van der Waals surface area contributed by atoms with Gasteiger partial charge in [0.1, 0.15) is 17.3 Å². The molecular formula is C47H58F6N4O7S.